The Labute approximate surface area is 66.8 Å². The van der Waals surface area contributed by atoms with Crippen molar-refractivity contribution in [2.45, 2.75) is 32.2 Å². The summed E-state index contributed by atoms with van der Waals surface area (Å²) in [5.74, 6) is -0.750. The summed E-state index contributed by atoms with van der Waals surface area (Å²) in [6, 6.07) is 0. The van der Waals surface area contributed by atoms with Crippen LogP contribution in [0.25, 0.3) is 0 Å². The van der Waals surface area contributed by atoms with Gasteiger partial charge in [-0.1, -0.05) is 6.92 Å². The first-order chi connectivity index (χ1) is 4.96. The topological polar surface area (TPSA) is 49.3 Å². The summed E-state index contributed by atoms with van der Waals surface area (Å²) in [6.45, 7) is 3.76. The monoisotopic (exact) mass is 157 g/mol. The van der Waals surface area contributed by atoms with Crippen LogP contribution in [0, 0.1) is 5.41 Å². The van der Waals surface area contributed by atoms with Gasteiger partial charge in [0.15, 0.2) is 0 Å². The van der Waals surface area contributed by atoms with Gasteiger partial charge in [-0.2, -0.15) is 0 Å². The van der Waals surface area contributed by atoms with E-state index in [9.17, 15) is 4.79 Å². The number of hydrogen-bond acceptors (Lipinski definition) is 2. The Morgan fingerprint density at radius 2 is 2.09 bits per heavy atom. The zero-order valence-corrected chi connectivity index (χ0v) is 7.27. The maximum absolute atomic E-state index is 10.9. The third-order valence-electron chi connectivity index (χ3n) is 3.13. The summed E-state index contributed by atoms with van der Waals surface area (Å²) in [5.41, 5.74) is -0.777. The molecule has 3 heteroatoms. The van der Waals surface area contributed by atoms with Crippen molar-refractivity contribution in [2.75, 3.05) is 7.05 Å². The molecule has 2 N–H and O–H groups in total. The number of carboxylic acid groups (broad SMARTS) is 1. The third-order valence-corrected chi connectivity index (χ3v) is 3.13. The van der Waals surface area contributed by atoms with Crippen molar-refractivity contribution in [1.82, 2.24) is 5.32 Å². The Bertz CT molecular complexity index is 187. The van der Waals surface area contributed by atoms with Crippen molar-refractivity contribution in [3.8, 4) is 0 Å². The predicted octanol–water partition coefficient (Wildman–Crippen LogP) is 0.849. The zero-order chi connectivity index (χ0) is 8.70. The lowest BCUT2D eigenvalue weighted by molar-refractivity contribution is -0.146. The maximum Gasteiger partial charge on any atom is 0.324 e. The number of likely N-dealkylation sites (N-methyl/N-ethyl adjacent to an activating group) is 1. The molecule has 0 spiro atoms. The summed E-state index contributed by atoms with van der Waals surface area (Å²) in [4.78, 5) is 10.9. The second-order valence-electron chi connectivity index (χ2n) is 3.74. The number of aliphatic carboxylic acids is 1. The van der Waals surface area contributed by atoms with Gasteiger partial charge in [0, 0.05) is 0 Å². The Hall–Kier alpha value is -0.570. The SMILES string of the molecule is CNC(C)(C(=O)O)C1(C)CC1. The van der Waals surface area contributed by atoms with Gasteiger partial charge < -0.3 is 10.4 Å². The Morgan fingerprint density at radius 3 is 2.18 bits per heavy atom. The molecule has 0 aromatic heterocycles. The van der Waals surface area contributed by atoms with E-state index in [0.29, 0.717) is 0 Å². The van der Waals surface area contributed by atoms with E-state index in [-0.39, 0.29) is 5.41 Å². The van der Waals surface area contributed by atoms with E-state index < -0.39 is 11.5 Å². The van der Waals surface area contributed by atoms with Gasteiger partial charge in [-0.3, -0.25) is 4.79 Å². The van der Waals surface area contributed by atoms with Gasteiger partial charge >= 0.3 is 5.97 Å². The van der Waals surface area contributed by atoms with Crippen LogP contribution in [0.2, 0.25) is 0 Å². The van der Waals surface area contributed by atoms with Crippen LogP contribution >= 0.6 is 0 Å². The molecule has 1 atom stereocenters. The predicted molar refractivity (Wildman–Crippen MR) is 42.4 cm³/mol. The van der Waals surface area contributed by atoms with Crippen molar-refractivity contribution < 1.29 is 9.90 Å². The minimum absolute atomic E-state index is 0.0341. The van der Waals surface area contributed by atoms with Gasteiger partial charge in [-0.05, 0) is 32.2 Å². The van der Waals surface area contributed by atoms with E-state index in [1.54, 1.807) is 14.0 Å². The molecule has 1 aliphatic rings. The normalized spacial score (nSPS) is 25.7. The van der Waals surface area contributed by atoms with Crippen molar-refractivity contribution in [3.63, 3.8) is 0 Å². The molecule has 1 fully saturated rings. The maximum atomic E-state index is 10.9. The molecule has 64 valence electrons. The highest BCUT2D eigenvalue weighted by molar-refractivity contribution is 5.80. The largest absolute Gasteiger partial charge is 0.480 e. The molecule has 1 rings (SSSR count). The van der Waals surface area contributed by atoms with Crippen LogP contribution < -0.4 is 5.32 Å². The lowest BCUT2D eigenvalue weighted by Gasteiger charge is -2.31. The molecule has 0 aliphatic heterocycles. The number of carboxylic acids is 1. The molecule has 0 heterocycles. The van der Waals surface area contributed by atoms with Gasteiger partial charge in [-0.25, -0.2) is 0 Å². The van der Waals surface area contributed by atoms with Crippen molar-refractivity contribution >= 4 is 5.97 Å². The quantitative estimate of drug-likeness (QED) is 0.638. The number of carbonyl (C=O) groups is 1. The minimum Gasteiger partial charge on any atom is -0.480 e. The van der Waals surface area contributed by atoms with Gasteiger partial charge in [0.2, 0.25) is 0 Å². The van der Waals surface area contributed by atoms with Crippen LogP contribution in [0.3, 0.4) is 0 Å². The van der Waals surface area contributed by atoms with Crippen LogP contribution in [-0.2, 0) is 4.79 Å². The van der Waals surface area contributed by atoms with Crippen molar-refractivity contribution in [3.05, 3.63) is 0 Å². The average Bonchev–Trinajstić information content (AvgIpc) is 2.67. The summed E-state index contributed by atoms with van der Waals surface area (Å²) in [6.07, 6.45) is 2.02. The molecule has 11 heavy (non-hydrogen) atoms. The lowest BCUT2D eigenvalue weighted by Crippen LogP contribution is -2.53. The van der Waals surface area contributed by atoms with E-state index in [4.69, 9.17) is 5.11 Å². The van der Waals surface area contributed by atoms with Crippen LogP contribution in [-0.4, -0.2) is 23.7 Å². The molecule has 0 aromatic rings. The van der Waals surface area contributed by atoms with E-state index in [1.807, 2.05) is 6.92 Å². The molecular weight excluding hydrogens is 142 g/mol. The molecule has 0 amide bonds. The average molecular weight is 157 g/mol. The Kier molecular flexibility index (Phi) is 1.71. The van der Waals surface area contributed by atoms with Crippen molar-refractivity contribution in [1.29, 1.82) is 0 Å². The fourth-order valence-electron chi connectivity index (χ4n) is 1.35. The van der Waals surface area contributed by atoms with E-state index in [0.717, 1.165) is 12.8 Å². The summed E-state index contributed by atoms with van der Waals surface area (Å²) in [5, 5.41) is 11.8. The molecule has 1 saturated carbocycles. The smallest absolute Gasteiger partial charge is 0.324 e. The standard InChI is InChI=1S/C8H15NO2/c1-7(4-5-7)8(2,9-3)6(10)11/h9H,4-5H2,1-3H3,(H,10,11). The third kappa shape index (κ3) is 1.03. The molecule has 0 saturated heterocycles. The van der Waals surface area contributed by atoms with Crippen molar-refractivity contribution in [2.24, 2.45) is 5.41 Å². The second kappa shape index (κ2) is 2.21. The van der Waals surface area contributed by atoms with E-state index in [2.05, 4.69) is 5.32 Å². The molecule has 0 radical (unpaired) electrons. The van der Waals surface area contributed by atoms with E-state index >= 15 is 0 Å². The molecule has 1 unspecified atom stereocenters. The number of rotatable bonds is 3. The Balaban J connectivity index is 2.83. The van der Waals surface area contributed by atoms with Gasteiger partial charge in [-0.15, -0.1) is 0 Å². The molecular formula is C8H15NO2. The Morgan fingerprint density at radius 1 is 1.64 bits per heavy atom. The summed E-state index contributed by atoms with van der Waals surface area (Å²) >= 11 is 0. The summed E-state index contributed by atoms with van der Waals surface area (Å²) < 4.78 is 0. The summed E-state index contributed by atoms with van der Waals surface area (Å²) in [7, 11) is 1.71. The van der Waals surface area contributed by atoms with Gasteiger partial charge in [0.25, 0.3) is 0 Å². The number of hydrogen-bond donors (Lipinski definition) is 2. The fraction of sp³-hybridized carbons (Fsp3) is 0.875. The first kappa shape index (κ1) is 8.53. The molecule has 3 nitrogen and oxygen atoms in total. The minimum atomic E-state index is -0.750. The van der Waals surface area contributed by atoms with Gasteiger partial charge in [0.05, 0.1) is 0 Å². The number of nitrogens with one attached hydrogen (secondary N) is 1. The first-order valence-corrected chi connectivity index (χ1v) is 3.88. The highest BCUT2D eigenvalue weighted by Crippen LogP contribution is 2.53. The van der Waals surface area contributed by atoms with Crippen LogP contribution in [0.15, 0.2) is 0 Å². The highest BCUT2D eigenvalue weighted by atomic mass is 16.4. The van der Waals surface area contributed by atoms with Crippen LogP contribution in [0.4, 0.5) is 0 Å². The highest BCUT2D eigenvalue weighted by Gasteiger charge is 2.56. The lowest BCUT2D eigenvalue weighted by atomic mass is 9.84. The molecule has 1 aliphatic carbocycles. The first-order valence-electron chi connectivity index (χ1n) is 3.88. The zero-order valence-electron chi connectivity index (χ0n) is 7.27. The fourth-order valence-corrected chi connectivity index (χ4v) is 1.35. The second-order valence-corrected chi connectivity index (χ2v) is 3.74. The molecule has 0 bridgehead atoms. The van der Waals surface area contributed by atoms with Crippen LogP contribution in [0.5, 0.6) is 0 Å². The molecule has 0 aromatic carbocycles. The van der Waals surface area contributed by atoms with E-state index in [1.165, 1.54) is 0 Å². The van der Waals surface area contributed by atoms with Gasteiger partial charge in [0.1, 0.15) is 5.54 Å². The van der Waals surface area contributed by atoms with Crippen LogP contribution in [0.1, 0.15) is 26.7 Å².